The molecule has 1 fully saturated rings. The third kappa shape index (κ3) is 3.78. The van der Waals surface area contributed by atoms with E-state index in [0.29, 0.717) is 25.4 Å². The van der Waals surface area contributed by atoms with E-state index in [9.17, 15) is 4.79 Å². The summed E-state index contributed by atoms with van der Waals surface area (Å²) in [4.78, 5) is 13.3. The Morgan fingerprint density at radius 1 is 1.60 bits per heavy atom. The molecule has 15 heavy (non-hydrogen) atoms. The van der Waals surface area contributed by atoms with Gasteiger partial charge in [0.1, 0.15) is 5.60 Å². The van der Waals surface area contributed by atoms with Crippen LogP contribution in [0.3, 0.4) is 0 Å². The number of hydrogen-bond acceptors (Lipinski definition) is 3. The molecule has 84 valence electrons. The normalized spacial score (nSPS) is 21.2. The maximum atomic E-state index is 11.6. The highest BCUT2D eigenvalue weighted by molar-refractivity contribution is 5.68. The topological polar surface area (TPSA) is 53.3 Å². The number of hydrogen-bond donors (Lipinski definition) is 0. The lowest BCUT2D eigenvalue weighted by molar-refractivity contribution is 0.0288. The van der Waals surface area contributed by atoms with E-state index < -0.39 is 5.60 Å². The fourth-order valence-corrected chi connectivity index (χ4v) is 1.62. The van der Waals surface area contributed by atoms with Crippen LogP contribution in [0.5, 0.6) is 0 Å². The summed E-state index contributed by atoms with van der Waals surface area (Å²) in [5.74, 6) is 0.322. The standard InChI is InChI=1S/C11H18N2O2/c1-11(2,3)15-10(14)13-7-5-9(8-13)4-6-12/h9H,4-5,7-8H2,1-3H3. The Kier molecular flexibility index (Phi) is 3.57. The van der Waals surface area contributed by atoms with Crippen molar-refractivity contribution in [3.63, 3.8) is 0 Å². The first kappa shape index (κ1) is 11.8. The van der Waals surface area contributed by atoms with E-state index in [1.165, 1.54) is 0 Å². The van der Waals surface area contributed by atoms with Crippen molar-refractivity contribution < 1.29 is 9.53 Å². The molecule has 0 aliphatic carbocycles. The van der Waals surface area contributed by atoms with E-state index in [1.54, 1.807) is 4.90 Å². The van der Waals surface area contributed by atoms with Gasteiger partial charge in [-0.2, -0.15) is 5.26 Å². The van der Waals surface area contributed by atoms with Crippen LogP contribution in [-0.4, -0.2) is 29.7 Å². The highest BCUT2D eigenvalue weighted by Crippen LogP contribution is 2.21. The van der Waals surface area contributed by atoms with Crippen LogP contribution in [0.4, 0.5) is 4.79 Å². The molecule has 1 rings (SSSR count). The zero-order chi connectivity index (χ0) is 11.5. The number of likely N-dealkylation sites (tertiary alicyclic amines) is 1. The second kappa shape index (κ2) is 4.52. The van der Waals surface area contributed by atoms with Crippen LogP contribution >= 0.6 is 0 Å². The first-order valence-corrected chi connectivity index (χ1v) is 5.27. The molecule has 0 saturated carbocycles. The molecule has 0 aromatic carbocycles. The molecule has 1 unspecified atom stereocenters. The predicted octanol–water partition coefficient (Wildman–Crippen LogP) is 2.16. The minimum atomic E-state index is -0.440. The van der Waals surface area contributed by atoms with Crippen molar-refractivity contribution in [3.05, 3.63) is 0 Å². The number of nitriles is 1. The Morgan fingerprint density at radius 2 is 2.27 bits per heavy atom. The van der Waals surface area contributed by atoms with E-state index in [-0.39, 0.29) is 6.09 Å². The van der Waals surface area contributed by atoms with Crippen LogP contribution < -0.4 is 0 Å². The Hall–Kier alpha value is -1.24. The van der Waals surface area contributed by atoms with Gasteiger partial charge in [-0.15, -0.1) is 0 Å². The van der Waals surface area contributed by atoms with Gasteiger partial charge in [0.2, 0.25) is 0 Å². The van der Waals surface area contributed by atoms with Crippen LogP contribution in [-0.2, 0) is 4.74 Å². The van der Waals surface area contributed by atoms with E-state index >= 15 is 0 Å². The summed E-state index contributed by atoms with van der Waals surface area (Å²) in [5.41, 5.74) is -0.440. The van der Waals surface area contributed by atoms with E-state index in [2.05, 4.69) is 6.07 Å². The maximum absolute atomic E-state index is 11.6. The molecule has 0 aromatic rings. The summed E-state index contributed by atoms with van der Waals surface area (Å²) in [7, 11) is 0. The zero-order valence-electron chi connectivity index (χ0n) is 9.62. The smallest absolute Gasteiger partial charge is 0.410 e. The minimum Gasteiger partial charge on any atom is -0.444 e. The molecule has 1 heterocycles. The number of amides is 1. The Bertz CT molecular complexity index is 275. The van der Waals surface area contributed by atoms with Gasteiger partial charge in [-0.1, -0.05) is 0 Å². The molecule has 0 spiro atoms. The van der Waals surface area contributed by atoms with Gasteiger partial charge in [0.05, 0.1) is 6.07 Å². The molecular formula is C11H18N2O2. The van der Waals surface area contributed by atoms with Crippen molar-refractivity contribution >= 4 is 6.09 Å². The molecule has 1 aliphatic heterocycles. The minimum absolute atomic E-state index is 0.261. The third-order valence-electron chi connectivity index (χ3n) is 2.32. The van der Waals surface area contributed by atoms with Crippen molar-refractivity contribution in [2.24, 2.45) is 5.92 Å². The first-order valence-electron chi connectivity index (χ1n) is 5.27. The van der Waals surface area contributed by atoms with Gasteiger partial charge in [-0.25, -0.2) is 4.79 Å². The summed E-state index contributed by atoms with van der Waals surface area (Å²) in [6, 6.07) is 2.14. The summed E-state index contributed by atoms with van der Waals surface area (Å²) < 4.78 is 5.25. The van der Waals surface area contributed by atoms with Gasteiger partial charge in [0, 0.05) is 19.5 Å². The zero-order valence-corrected chi connectivity index (χ0v) is 9.62. The van der Waals surface area contributed by atoms with E-state index in [4.69, 9.17) is 10.00 Å². The molecule has 1 atom stereocenters. The van der Waals surface area contributed by atoms with Gasteiger partial charge < -0.3 is 9.64 Å². The second-order valence-corrected chi connectivity index (χ2v) is 4.94. The molecular weight excluding hydrogens is 192 g/mol. The lowest BCUT2D eigenvalue weighted by atomic mass is 10.1. The number of ether oxygens (including phenoxy) is 1. The van der Waals surface area contributed by atoms with Crippen LogP contribution in [0.15, 0.2) is 0 Å². The van der Waals surface area contributed by atoms with Gasteiger partial charge in [0.15, 0.2) is 0 Å². The van der Waals surface area contributed by atoms with Crippen LogP contribution in [0, 0.1) is 17.2 Å². The van der Waals surface area contributed by atoms with Gasteiger partial charge >= 0.3 is 6.09 Å². The number of carbonyl (C=O) groups excluding carboxylic acids is 1. The summed E-state index contributed by atoms with van der Waals surface area (Å²) in [6.07, 6.45) is 1.18. The average molecular weight is 210 g/mol. The van der Waals surface area contributed by atoms with Crippen LogP contribution in [0.2, 0.25) is 0 Å². The number of nitrogens with zero attached hydrogens (tertiary/aromatic N) is 2. The molecule has 1 saturated heterocycles. The average Bonchev–Trinajstić information content (AvgIpc) is 2.50. The van der Waals surface area contributed by atoms with Gasteiger partial charge in [0.25, 0.3) is 0 Å². The number of carbonyl (C=O) groups is 1. The molecule has 4 nitrogen and oxygen atoms in total. The van der Waals surface area contributed by atoms with Crippen molar-refractivity contribution in [2.45, 2.75) is 39.2 Å². The quantitative estimate of drug-likeness (QED) is 0.666. The second-order valence-electron chi connectivity index (χ2n) is 4.94. The molecule has 0 bridgehead atoms. The van der Waals surface area contributed by atoms with Crippen molar-refractivity contribution in [1.29, 1.82) is 5.26 Å². The lowest BCUT2D eigenvalue weighted by Crippen LogP contribution is -2.35. The Morgan fingerprint density at radius 3 is 2.80 bits per heavy atom. The van der Waals surface area contributed by atoms with Crippen molar-refractivity contribution in [2.75, 3.05) is 13.1 Å². The highest BCUT2D eigenvalue weighted by Gasteiger charge is 2.29. The SMILES string of the molecule is CC(C)(C)OC(=O)N1CCC(CC#N)C1. The monoisotopic (exact) mass is 210 g/mol. The Labute approximate surface area is 90.8 Å². The molecule has 0 aromatic heterocycles. The molecule has 1 aliphatic rings. The highest BCUT2D eigenvalue weighted by atomic mass is 16.6. The van der Waals surface area contributed by atoms with Crippen molar-refractivity contribution in [1.82, 2.24) is 4.90 Å². The molecule has 4 heteroatoms. The third-order valence-corrected chi connectivity index (χ3v) is 2.32. The first-order chi connectivity index (χ1) is 6.92. The number of rotatable bonds is 1. The maximum Gasteiger partial charge on any atom is 0.410 e. The van der Waals surface area contributed by atoms with Crippen molar-refractivity contribution in [3.8, 4) is 6.07 Å². The fraction of sp³-hybridized carbons (Fsp3) is 0.818. The summed E-state index contributed by atoms with van der Waals surface area (Å²) in [5, 5.41) is 8.55. The largest absolute Gasteiger partial charge is 0.444 e. The molecule has 1 amide bonds. The predicted molar refractivity (Wildman–Crippen MR) is 56.1 cm³/mol. The van der Waals surface area contributed by atoms with Crippen LogP contribution in [0.1, 0.15) is 33.6 Å². The van der Waals surface area contributed by atoms with Gasteiger partial charge in [-0.05, 0) is 33.1 Å². The summed E-state index contributed by atoms with van der Waals surface area (Å²) in [6.45, 7) is 6.93. The lowest BCUT2D eigenvalue weighted by Gasteiger charge is -2.24. The van der Waals surface area contributed by atoms with Gasteiger partial charge in [-0.3, -0.25) is 0 Å². The molecule has 0 N–H and O–H groups in total. The summed E-state index contributed by atoms with van der Waals surface area (Å²) >= 11 is 0. The van der Waals surface area contributed by atoms with Crippen LogP contribution in [0.25, 0.3) is 0 Å². The molecule has 0 radical (unpaired) electrons. The Balaban J connectivity index is 2.41. The van der Waals surface area contributed by atoms with E-state index in [0.717, 1.165) is 6.42 Å². The van der Waals surface area contributed by atoms with E-state index in [1.807, 2.05) is 20.8 Å². The fourth-order valence-electron chi connectivity index (χ4n) is 1.62.